The van der Waals surface area contributed by atoms with Crippen molar-refractivity contribution >= 4 is 17.1 Å². The van der Waals surface area contributed by atoms with Crippen LogP contribution in [0.3, 0.4) is 0 Å². The number of hydrogen-bond acceptors (Lipinski definition) is 4. The first kappa shape index (κ1) is 17.7. The highest BCUT2D eigenvalue weighted by Gasteiger charge is 2.20. The number of nitrogens with zero attached hydrogens (tertiary/aromatic N) is 5. The van der Waals surface area contributed by atoms with E-state index in [1.807, 2.05) is 37.3 Å². The lowest BCUT2D eigenvalue weighted by Crippen LogP contribution is -2.38. The highest BCUT2D eigenvalue weighted by molar-refractivity contribution is 5.79. The number of benzene rings is 1. The van der Waals surface area contributed by atoms with Gasteiger partial charge in [-0.1, -0.05) is 30.3 Å². The fourth-order valence-electron chi connectivity index (χ4n) is 2.95. The van der Waals surface area contributed by atoms with E-state index in [9.17, 15) is 14.4 Å². The molecule has 0 N–H and O–H groups in total. The molecule has 0 bridgehead atoms. The maximum atomic E-state index is 12.7. The van der Waals surface area contributed by atoms with Gasteiger partial charge >= 0.3 is 5.69 Å². The van der Waals surface area contributed by atoms with Crippen LogP contribution in [0.15, 0.2) is 46.2 Å². The molecule has 26 heavy (non-hydrogen) atoms. The molecule has 1 unspecified atom stereocenters. The Kier molecular flexibility index (Phi) is 4.50. The smallest absolute Gasteiger partial charge is 0.332 e. The van der Waals surface area contributed by atoms with Crippen LogP contribution in [0.1, 0.15) is 18.5 Å². The Bertz CT molecular complexity index is 1080. The van der Waals surface area contributed by atoms with Crippen molar-refractivity contribution in [3.8, 4) is 0 Å². The summed E-state index contributed by atoms with van der Waals surface area (Å²) >= 11 is 0. The zero-order valence-corrected chi connectivity index (χ0v) is 15.2. The summed E-state index contributed by atoms with van der Waals surface area (Å²) in [5.41, 5.74) is 0.617. The minimum atomic E-state index is -0.466. The summed E-state index contributed by atoms with van der Waals surface area (Å²) in [6, 6.07) is 9.61. The van der Waals surface area contributed by atoms with E-state index in [1.54, 1.807) is 19.0 Å². The zero-order valence-electron chi connectivity index (χ0n) is 15.2. The second-order valence-corrected chi connectivity index (χ2v) is 6.34. The Morgan fingerprint density at radius 1 is 1.15 bits per heavy atom. The van der Waals surface area contributed by atoms with Crippen LogP contribution in [-0.2, 0) is 25.4 Å². The number of aryl methyl sites for hydroxylation is 1. The van der Waals surface area contributed by atoms with Crippen LogP contribution in [0.4, 0.5) is 0 Å². The Morgan fingerprint density at radius 3 is 2.46 bits per heavy atom. The summed E-state index contributed by atoms with van der Waals surface area (Å²) in [7, 11) is 4.69. The molecule has 136 valence electrons. The highest BCUT2D eigenvalue weighted by atomic mass is 16.2. The molecule has 0 aliphatic heterocycles. The molecule has 0 saturated carbocycles. The number of rotatable bonds is 4. The minimum Gasteiger partial charge on any atom is -0.337 e. The summed E-state index contributed by atoms with van der Waals surface area (Å²) in [4.78, 5) is 42.9. The van der Waals surface area contributed by atoms with Crippen molar-refractivity contribution in [1.29, 1.82) is 0 Å². The number of carbonyl (C=O) groups excluding carboxylic acids is 1. The van der Waals surface area contributed by atoms with E-state index < -0.39 is 11.2 Å². The maximum Gasteiger partial charge on any atom is 0.332 e. The summed E-state index contributed by atoms with van der Waals surface area (Å²) in [5, 5.41) is 0. The van der Waals surface area contributed by atoms with Crippen LogP contribution >= 0.6 is 0 Å². The van der Waals surface area contributed by atoms with Crippen molar-refractivity contribution in [3.05, 3.63) is 63.1 Å². The summed E-state index contributed by atoms with van der Waals surface area (Å²) in [6.07, 6.45) is 1.42. The van der Waals surface area contributed by atoms with Crippen molar-refractivity contribution in [1.82, 2.24) is 23.6 Å². The van der Waals surface area contributed by atoms with E-state index in [0.29, 0.717) is 0 Å². The largest absolute Gasteiger partial charge is 0.337 e. The Hall–Kier alpha value is -3.16. The first-order valence-corrected chi connectivity index (χ1v) is 8.24. The van der Waals surface area contributed by atoms with Crippen molar-refractivity contribution in [2.24, 2.45) is 14.1 Å². The van der Waals surface area contributed by atoms with Crippen LogP contribution in [0.25, 0.3) is 11.2 Å². The average molecular weight is 355 g/mol. The highest BCUT2D eigenvalue weighted by Crippen LogP contribution is 2.18. The first-order valence-electron chi connectivity index (χ1n) is 8.24. The van der Waals surface area contributed by atoms with Gasteiger partial charge < -0.3 is 9.47 Å². The maximum absolute atomic E-state index is 12.7. The first-order chi connectivity index (χ1) is 12.3. The van der Waals surface area contributed by atoms with Crippen LogP contribution in [0.2, 0.25) is 0 Å². The molecule has 1 atom stereocenters. The minimum absolute atomic E-state index is 0.0301. The standard InChI is InChI=1S/C18H21N5O3/c1-12(13-8-6-5-7-9-13)20(2)14(24)10-23-11-19-16-15(23)17(25)22(4)18(26)21(16)3/h5-9,11-12H,10H2,1-4H3. The third-order valence-electron chi connectivity index (χ3n) is 4.78. The van der Waals surface area contributed by atoms with Crippen LogP contribution in [-0.4, -0.2) is 36.5 Å². The van der Waals surface area contributed by atoms with Crippen molar-refractivity contribution in [2.45, 2.75) is 19.5 Å². The molecule has 3 aromatic rings. The number of amides is 1. The summed E-state index contributed by atoms with van der Waals surface area (Å²) in [5.74, 6) is -0.156. The molecule has 2 aromatic heterocycles. The molecule has 0 spiro atoms. The molecule has 0 aliphatic carbocycles. The number of imidazole rings is 1. The summed E-state index contributed by atoms with van der Waals surface area (Å²) in [6.45, 7) is 1.92. The molecule has 8 heteroatoms. The van der Waals surface area contributed by atoms with Crippen molar-refractivity contribution in [3.63, 3.8) is 0 Å². The van der Waals surface area contributed by atoms with Gasteiger partial charge in [0.15, 0.2) is 11.2 Å². The second-order valence-electron chi connectivity index (χ2n) is 6.34. The molecule has 1 aromatic carbocycles. The predicted octanol–water partition coefficient (Wildman–Crippen LogP) is 0.653. The molecule has 2 heterocycles. The third kappa shape index (κ3) is 2.83. The van der Waals surface area contributed by atoms with Gasteiger partial charge in [-0.25, -0.2) is 9.78 Å². The Balaban J connectivity index is 1.93. The molecule has 1 amide bonds. The molecule has 0 fully saturated rings. The topological polar surface area (TPSA) is 82.1 Å². The lowest BCUT2D eigenvalue weighted by molar-refractivity contribution is -0.132. The monoisotopic (exact) mass is 355 g/mol. The number of hydrogen-bond donors (Lipinski definition) is 0. The van der Waals surface area contributed by atoms with E-state index in [0.717, 1.165) is 10.1 Å². The lowest BCUT2D eigenvalue weighted by atomic mass is 10.1. The number of likely N-dealkylation sites (N-methyl/N-ethyl adjacent to an activating group) is 1. The van der Waals surface area contributed by atoms with E-state index >= 15 is 0 Å². The van der Waals surface area contributed by atoms with Crippen LogP contribution in [0, 0.1) is 0 Å². The normalized spacial score (nSPS) is 12.3. The van der Waals surface area contributed by atoms with E-state index in [4.69, 9.17) is 0 Å². The molecule has 0 saturated heterocycles. The molecule has 0 radical (unpaired) electrons. The molecule has 0 aliphatic rings. The fourth-order valence-corrected chi connectivity index (χ4v) is 2.95. The SMILES string of the molecule is CC(c1ccccc1)N(C)C(=O)Cn1cnc2c1c(=O)n(C)c(=O)n2C. The number of fused-ring (bicyclic) bond motifs is 1. The van der Waals surface area contributed by atoms with Crippen LogP contribution in [0.5, 0.6) is 0 Å². The predicted molar refractivity (Wildman–Crippen MR) is 97.8 cm³/mol. The third-order valence-corrected chi connectivity index (χ3v) is 4.78. The number of aromatic nitrogens is 4. The molecule has 8 nitrogen and oxygen atoms in total. The average Bonchev–Trinajstić information content (AvgIpc) is 3.07. The quantitative estimate of drug-likeness (QED) is 0.688. The Morgan fingerprint density at radius 2 is 1.81 bits per heavy atom. The van der Waals surface area contributed by atoms with E-state index in [-0.39, 0.29) is 29.7 Å². The number of carbonyl (C=O) groups is 1. The van der Waals surface area contributed by atoms with Crippen molar-refractivity contribution < 1.29 is 4.79 Å². The molecule has 3 rings (SSSR count). The zero-order chi connectivity index (χ0) is 19.0. The lowest BCUT2D eigenvalue weighted by Gasteiger charge is -2.25. The Labute approximate surface area is 149 Å². The van der Waals surface area contributed by atoms with Crippen LogP contribution < -0.4 is 11.2 Å². The van der Waals surface area contributed by atoms with Gasteiger partial charge in [0.25, 0.3) is 5.56 Å². The van der Waals surface area contributed by atoms with Gasteiger partial charge in [-0.15, -0.1) is 0 Å². The van der Waals surface area contributed by atoms with Gasteiger partial charge in [0.1, 0.15) is 6.54 Å². The summed E-state index contributed by atoms with van der Waals surface area (Å²) < 4.78 is 3.81. The fraction of sp³-hybridized carbons (Fsp3) is 0.333. The van der Waals surface area contributed by atoms with Gasteiger partial charge in [-0.05, 0) is 12.5 Å². The van der Waals surface area contributed by atoms with Gasteiger partial charge in [0.2, 0.25) is 5.91 Å². The van der Waals surface area contributed by atoms with Gasteiger partial charge in [-0.3, -0.25) is 18.7 Å². The molecular weight excluding hydrogens is 334 g/mol. The van der Waals surface area contributed by atoms with E-state index in [2.05, 4.69) is 4.98 Å². The van der Waals surface area contributed by atoms with E-state index in [1.165, 1.54) is 22.5 Å². The van der Waals surface area contributed by atoms with Gasteiger partial charge in [0, 0.05) is 21.1 Å². The molecular formula is C18H21N5O3. The van der Waals surface area contributed by atoms with Gasteiger partial charge in [0.05, 0.1) is 12.4 Å². The van der Waals surface area contributed by atoms with Gasteiger partial charge in [-0.2, -0.15) is 0 Å². The second kappa shape index (κ2) is 6.62. The van der Waals surface area contributed by atoms with Crippen molar-refractivity contribution in [2.75, 3.05) is 7.05 Å².